The van der Waals surface area contributed by atoms with Gasteiger partial charge in [0.1, 0.15) is 0 Å². The van der Waals surface area contributed by atoms with E-state index in [-0.39, 0.29) is 11.8 Å². The molecule has 2 amide bonds. The van der Waals surface area contributed by atoms with Crippen LogP contribution in [0.5, 0.6) is 0 Å². The molecule has 0 saturated carbocycles. The molecule has 6 nitrogen and oxygen atoms in total. The van der Waals surface area contributed by atoms with Crippen molar-refractivity contribution in [1.29, 1.82) is 0 Å². The number of hydrogen-bond acceptors (Lipinski definition) is 4. The molecule has 0 atom stereocenters. The second-order valence-electron chi connectivity index (χ2n) is 5.62. The van der Waals surface area contributed by atoms with Crippen LogP contribution in [0.15, 0.2) is 28.7 Å². The summed E-state index contributed by atoms with van der Waals surface area (Å²) in [5.74, 6) is -0.215. The van der Waals surface area contributed by atoms with E-state index < -0.39 is 5.41 Å². The summed E-state index contributed by atoms with van der Waals surface area (Å²) in [7, 11) is 0. The van der Waals surface area contributed by atoms with Crippen LogP contribution in [0.4, 0.5) is 0 Å². The molecule has 0 aliphatic carbocycles. The van der Waals surface area contributed by atoms with Gasteiger partial charge in [0.25, 0.3) is 5.91 Å². The van der Waals surface area contributed by atoms with Crippen LogP contribution in [0.1, 0.15) is 23.2 Å². The van der Waals surface area contributed by atoms with Gasteiger partial charge in [-0.05, 0) is 37.1 Å². The van der Waals surface area contributed by atoms with Gasteiger partial charge < -0.3 is 21.1 Å². The van der Waals surface area contributed by atoms with Gasteiger partial charge in [0.2, 0.25) is 5.91 Å². The van der Waals surface area contributed by atoms with E-state index in [0.717, 1.165) is 4.47 Å². The Kier molecular flexibility index (Phi) is 6.56. The Hall–Kier alpha value is -1.44. The highest BCUT2D eigenvalue weighted by molar-refractivity contribution is 9.10. The third-order valence-corrected chi connectivity index (χ3v) is 4.65. The zero-order chi connectivity index (χ0) is 16.7. The molecule has 1 saturated heterocycles. The summed E-state index contributed by atoms with van der Waals surface area (Å²) < 4.78 is 6.22. The Labute approximate surface area is 144 Å². The van der Waals surface area contributed by atoms with E-state index in [4.69, 9.17) is 10.5 Å². The molecule has 1 heterocycles. The maximum Gasteiger partial charge on any atom is 0.251 e. The molecular formula is C16H22BrN3O3. The van der Waals surface area contributed by atoms with Crippen LogP contribution in [0.2, 0.25) is 0 Å². The van der Waals surface area contributed by atoms with Crippen LogP contribution in [0.3, 0.4) is 0 Å². The van der Waals surface area contributed by atoms with Crippen LogP contribution >= 0.6 is 15.9 Å². The monoisotopic (exact) mass is 383 g/mol. The summed E-state index contributed by atoms with van der Waals surface area (Å²) in [6.45, 7) is 2.19. The lowest BCUT2D eigenvalue weighted by Gasteiger charge is -2.34. The maximum atomic E-state index is 12.3. The van der Waals surface area contributed by atoms with Gasteiger partial charge in [-0.3, -0.25) is 9.59 Å². The number of amides is 2. The van der Waals surface area contributed by atoms with E-state index in [0.29, 0.717) is 51.3 Å². The van der Waals surface area contributed by atoms with Crippen molar-refractivity contribution in [3.63, 3.8) is 0 Å². The molecule has 1 aromatic carbocycles. The SMILES string of the molecule is NCC1(C(=O)NCCNC(=O)c2ccc(Br)cc2)CCOCC1. The highest BCUT2D eigenvalue weighted by Crippen LogP contribution is 2.29. The molecule has 0 bridgehead atoms. The van der Waals surface area contributed by atoms with Gasteiger partial charge in [-0.1, -0.05) is 15.9 Å². The molecule has 0 unspecified atom stereocenters. The summed E-state index contributed by atoms with van der Waals surface area (Å²) in [6.07, 6.45) is 1.28. The number of halogens is 1. The molecule has 1 fully saturated rings. The van der Waals surface area contributed by atoms with Gasteiger partial charge in [0, 0.05) is 42.9 Å². The third-order valence-electron chi connectivity index (χ3n) is 4.12. The minimum atomic E-state index is -0.534. The fraction of sp³-hybridized carbons (Fsp3) is 0.500. The zero-order valence-electron chi connectivity index (χ0n) is 12.9. The fourth-order valence-electron chi connectivity index (χ4n) is 2.53. The van der Waals surface area contributed by atoms with E-state index >= 15 is 0 Å². The number of carbonyl (C=O) groups excluding carboxylic acids is 2. The third kappa shape index (κ3) is 4.76. The topological polar surface area (TPSA) is 93.5 Å². The minimum absolute atomic E-state index is 0.0545. The molecule has 23 heavy (non-hydrogen) atoms. The van der Waals surface area contributed by atoms with E-state index in [9.17, 15) is 9.59 Å². The van der Waals surface area contributed by atoms with Crippen LogP contribution in [0.25, 0.3) is 0 Å². The van der Waals surface area contributed by atoms with Crippen molar-refractivity contribution in [2.45, 2.75) is 12.8 Å². The lowest BCUT2D eigenvalue weighted by molar-refractivity contribution is -0.135. The molecule has 1 aliphatic rings. The van der Waals surface area contributed by atoms with Crippen LogP contribution < -0.4 is 16.4 Å². The molecule has 0 spiro atoms. The van der Waals surface area contributed by atoms with Crippen molar-refractivity contribution in [3.8, 4) is 0 Å². The van der Waals surface area contributed by atoms with Gasteiger partial charge >= 0.3 is 0 Å². The first-order valence-electron chi connectivity index (χ1n) is 7.67. The largest absolute Gasteiger partial charge is 0.381 e. The van der Waals surface area contributed by atoms with Crippen molar-refractivity contribution in [3.05, 3.63) is 34.3 Å². The molecule has 0 radical (unpaired) electrons. The molecule has 1 aliphatic heterocycles. The smallest absolute Gasteiger partial charge is 0.251 e. The Morgan fingerprint density at radius 3 is 2.35 bits per heavy atom. The van der Waals surface area contributed by atoms with Gasteiger partial charge in [0.05, 0.1) is 5.41 Å². The van der Waals surface area contributed by atoms with Crippen molar-refractivity contribution in [2.24, 2.45) is 11.1 Å². The molecule has 2 rings (SSSR count). The van der Waals surface area contributed by atoms with Gasteiger partial charge in [0.15, 0.2) is 0 Å². The van der Waals surface area contributed by atoms with Crippen LogP contribution in [-0.2, 0) is 9.53 Å². The minimum Gasteiger partial charge on any atom is -0.381 e. The number of hydrogen-bond donors (Lipinski definition) is 3. The Morgan fingerprint density at radius 2 is 1.74 bits per heavy atom. The molecule has 126 valence electrons. The van der Waals surface area contributed by atoms with Crippen LogP contribution in [0, 0.1) is 5.41 Å². The summed E-state index contributed by atoms with van der Waals surface area (Å²) in [6, 6.07) is 7.10. The molecule has 0 aromatic heterocycles. The lowest BCUT2D eigenvalue weighted by atomic mass is 9.79. The van der Waals surface area contributed by atoms with Gasteiger partial charge in [-0.2, -0.15) is 0 Å². The van der Waals surface area contributed by atoms with Crippen molar-refractivity contribution in [2.75, 3.05) is 32.8 Å². The Balaban J connectivity index is 1.75. The molecule has 7 heteroatoms. The summed E-state index contributed by atoms with van der Waals surface area (Å²) in [5, 5.41) is 5.65. The Morgan fingerprint density at radius 1 is 1.13 bits per heavy atom. The summed E-state index contributed by atoms with van der Waals surface area (Å²) >= 11 is 3.33. The molecular weight excluding hydrogens is 362 g/mol. The van der Waals surface area contributed by atoms with E-state index in [1.54, 1.807) is 12.1 Å². The van der Waals surface area contributed by atoms with Crippen molar-refractivity contribution < 1.29 is 14.3 Å². The van der Waals surface area contributed by atoms with Crippen molar-refractivity contribution >= 4 is 27.7 Å². The number of nitrogens with two attached hydrogens (primary N) is 1. The number of nitrogens with one attached hydrogen (secondary N) is 2. The summed E-state index contributed by atoms with van der Waals surface area (Å²) in [4.78, 5) is 24.3. The number of ether oxygens (including phenoxy) is 1. The average molecular weight is 384 g/mol. The predicted molar refractivity (Wildman–Crippen MR) is 91.0 cm³/mol. The maximum absolute atomic E-state index is 12.3. The van der Waals surface area contributed by atoms with Crippen LogP contribution in [-0.4, -0.2) is 44.7 Å². The van der Waals surface area contributed by atoms with Gasteiger partial charge in [-0.15, -0.1) is 0 Å². The average Bonchev–Trinajstić information content (AvgIpc) is 2.59. The normalized spacial score (nSPS) is 16.6. The first kappa shape index (κ1) is 17.9. The van der Waals surface area contributed by atoms with E-state index in [1.165, 1.54) is 0 Å². The van der Waals surface area contributed by atoms with Crippen molar-refractivity contribution in [1.82, 2.24) is 10.6 Å². The number of rotatable bonds is 6. The highest BCUT2D eigenvalue weighted by Gasteiger charge is 2.38. The second kappa shape index (κ2) is 8.42. The zero-order valence-corrected chi connectivity index (χ0v) is 14.5. The first-order chi connectivity index (χ1) is 11.1. The highest BCUT2D eigenvalue weighted by atomic mass is 79.9. The fourth-order valence-corrected chi connectivity index (χ4v) is 2.79. The number of carbonyl (C=O) groups is 2. The Bertz CT molecular complexity index is 542. The predicted octanol–water partition coefficient (Wildman–Crippen LogP) is 1.05. The number of benzene rings is 1. The molecule has 1 aromatic rings. The van der Waals surface area contributed by atoms with Gasteiger partial charge in [-0.25, -0.2) is 0 Å². The van der Waals surface area contributed by atoms with E-state index in [2.05, 4.69) is 26.6 Å². The first-order valence-corrected chi connectivity index (χ1v) is 8.46. The summed E-state index contributed by atoms with van der Waals surface area (Å²) in [5.41, 5.74) is 5.84. The quantitative estimate of drug-likeness (QED) is 0.640. The molecule has 4 N–H and O–H groups in total. The second-order valence-corrected chi connectivity index (χ2v) is 6.53. The lowest BCUT2D eigenvalue weighted by Crippen LogP contribution is -2.50. The van der Waals surface area contributed by atoms with E-state index in [1.807, 2.05) is 12.1 Å². The standard InChI is InChI=1S/C16H22BrN3O3/c17-13-3-1-12(2-4-13)14(21)19-7-8-20-15(22)16(11-18)5-9-23-10-6-16/h1-4H,5-11,18H2,(H,19,21)(H,20,22).